The summed E-state index contributed by atoms with van der Waals surface area (Å²) in [5.41, 5.74) is 3.56. The molecule has 2 amide bonds. The minimum absolute atomic E-state index is 0.133. The quantitative estimate of drug-likeness (QED) is 0.753. The lowest BCUT2D eigenvalue weighted by molar-refractivity contribution is -0.127. The molecule has 0 spiro atoms. The van der Waals surface area contributed by atoms with Crippen LogP contribution in [0.4, 0.5) is 0 Å². The fraction of sp³-hybridized carbons (Fsp3) is 0.333. The molecular formula is C12H15N3O2. The standard InChI is InChI=1S/C12H15N3O2/c1-15-8-10(12(17)14-15)13-11(16)7-9-5-3-2-4-6-9/h2-6,10H,7-8H2,1H3,(H,13,16)(H,14,17). The second-order valence-electron chi connectivity index (χ2n) is 4.14. The van der Waals surface area contributed by atoms with Crippen LogP contribution >= 0.6 is 0 Å². The first-order chi connectivity index (χ1) is 8.15. The van der Waals surface area contributed by atoms with E-state index in [4.69, 9.17) is 0 Å². The normalized spacial score (nSPS) is 20.1. The lowest BCUT2D eigenvalue weighted by atomic mass is 10.1. The highest BCUT2D eigenvalue weighted by Gasteiger charge is 2.29. The fourth-order valence-electron chi connectivity index (χ4n) is 1.81. The van der Waals surface area contributed by atoms with Gasteiger partial charge in [0.05, 0.1) is 6.42 Å². The molecule has 2 N–H and O–H groups in total. The van der Waals surface area contributed by atoms with Gasteiger partial charge in [-0.2, -0.15) is 0 Å². The van der Waals surface area contributed by atoms with Gasteiger partial charge in [0.25, 0.3) is 5.91 Å². The summed E-state index contributed by atoms with van der Waals surface area (Å²) in [6, 6.07) is 9.01. The zero-order valence-electron chi connectivity index (χ0n) is 9.64. The van der Waals surface area contributed by atoms with Crippen molar-refractivity contribution < 1.29 is 9.59 Å². The van der Waals surface area contributed by atoms with E-state index < -0.39 is 6.04 Å². The van der Waals surface area contributed by atoms with Gasteiger partial charge in [-0.15, -0.1) is 0 Å². The van der Waals surface area contributed by atoms with Crippen LogP contribution in [-0.4, -0.2) is 36.5 Å². The van der Waals surface area contributed by atoms with Crippen molar-refractivity contribution in [1.82, 2.24) is 15.8 Å². The molecule has 5 heteroatoms. The topological polar surface area (TPSA) is 61.4 Å². The van der Waals surface area contributed by atoms with E-state index in [1.807, 2.05) is 30.3 Å². The number of nitrogens with one attached hydrogen (secondary N) is 2. The van der Waals surface area contributed by atoms with Crippen molar-refractivity contribution in [1.29, 1.82) is 0 Å². The van der Waals surface area contributed by atoms with Crippen LogP contribution in [0.3, 0.4) is 0 Å². The third-order valence-corrected chi connectivity index (χ3v) is 2.62. The Morgan fingerprint density at radius 3 is 2.76 bits per heavy atom. The molecule has 1 saturated heterocycles. The Bertz CT molecular complexity index is 419. The van der Waals surface area contributed by atoms with Gasteiger partial charge in [0.1, 0.15) is 6.04 Å². The Kier molecular flexibility index (Phi) is 3.39. The lowest BCUT2D eigenvalue weighted by Gasteiger charge is -2.09. The van der Waals surface area contributed by atoms with Crippen LogP contribution in [0.5, 0.6) is 0 Å². The van der Waals surface area contributed by atoms with E-state index in [1.54, 1.807) is 12.1 Å². The highest BCUT2D eigenvalue weighted by molar-refractivity contribution is 5.89. The molecule has 0 aromatic heterocycles. The molecule has 90 valence electrons. The average Bonchev–Trinajstić information content (AvgIpc) is 2.58. The van der Waals surface area contributed by atoms with Gasteiger partial charge >= 0.3 is 0 Å². The number of carbonyl (C=O) groups is 2. The van der Waals surface area contributed by atoms with Crippen LogP contribution in [0.25, 0.3) is 0 Å². The van der Waals surface area contributed by atoms with Crippen molar-refractivity contribution >= 4 is 11.8 Å². The van der Waals surface area contributed by atoms with Crippen LogP contribution < -0.4 is 10.7 Å². The largest absolute Gasteiger partial charge is 0.343 e. The maximum atomic E-state index is 11.7. The number of benzene rings is 1. The molecule has 1 aliphatic heterocycles. The first-order valence-corrected chi connectivity index (χ1v) is 5.50. The van der Waals surface area contributed by atoms with E-state index in [1.165, 1.54) is 0 Å². The number of hydrogen-bond donors (Lipinski definition) is 2. The summed E-state index contributed by atoms with van der Waals surface area (Å²) in [6.07, 6.45) is 0.300. The summed E-state index contributed by atoms with van der Waals surface area (Å²) in [7, 11) is 1.77. The lowest BCUT2D eigenvalue weighted by Crippen LogP contribution is -2.42. The Hall–Kier alpha value is -1.88. The number of hydrogen-bond acceptors (Lipinski definition) is 3. The molecule has 0 aliphatic carbocycles. The van der Waals surface area contributed by atoms with Crippen molar-refractivity contribution in [2.45, 2.75) is 12.5 Å². The van der Waals surface area contributed by atoms with E-state index in [9.17, 15) is 9.59 Å². The highest BCUT2D eigenvalue weighted by Crippen LogP contribution is 2.01. The highest BCUT2D eigenvalue weighted by atomic mass is 16.2. The van der Waals surface area contributed by atoms with E-state index in [2.05, 4.69) is 10.7 Å². The van der Waals surface area contributed by atoms with Crippen molar-refractivity contribution in [2.75, 3.05) is 13.6 Å². The Morgan fingerprint density at radius 1 is 1.47 bits per heavy atom. The molecule has 1 aromatic rings. The molecule has 1 heterocycles. The summed E-state index contributed by atoms with van der Waals surface area (Å²) in [5, 5.41) is 4.38. The Labute approximate surface area is 99.8 Å². The van der Waals surface area contributed by atoms with Crippen molar-refractivity contribution in [3.05, 3.63) is 35.9 Å². The summed E-state index contributed by atoms with van der Waals surface area (Å²) < 4.78 is 0. The molecule has 1 aliphatic rings. The summed E-state index contributed by atoms with van der Waals surface area (Å²) in [5.74, 6) is -0.291. The van der Waals surface area contributed by atoms with Crippen molar-refractivity contribution in [3.63, 3.8) is 0 Å². The van der Waals surface area contributed by atoms with Crippen LogP contribution in [0.1, 0.15) is 5.56 Å². The van der Waals surface area contributed by atoms with Crippen LogP contribution in [-0.2, 0) is 16.0 Å². The molecule has 1 atom stereocenters. The monoisotopic (exact) mass is 233 g/mol. The molecule has 1 aromatic carbocycles. The zero-order chi connectivity index (χ0) is 12.3. The predicted octanol–water partition coefficient (Wildman–Crippen LogP) is -0.310. The molecule has 2 rings (SSSR count). The molecule has 0 saturated carbocycles. The van der Waals surface area contributed by atoms with Gasteiger partial charge in [-0.1, -0.05) is 30.3 Å². The van der Waals surface area contributed by atoms with Gasteiger partial charge in [0.2, 0.25) is 5.91 Å². The van der Waals surface area contributed by atoms with Gasteiger partial charge in [0.15, 0.2) is 0 Å². The predicted molar refractivity (Wildman–Crippen MR) is 62.8 cm³/mol. The van der Waals surface area contributed by atoms with E-state index in [-0.39, 0.29) is 11.8 Å². The zero-order valence-corrected chi connectivity index (χ0v) is 9.64. The van der Waals surface area contributed by atoms with Gasteiger partial charge < -0.3 is 5.32 Å². The summed E-state index contributed by atoms with van der Waals surface area (Å²) in [4.78, 5) is 23.1. The SMILES string of the molecule is CN1CC(NC(=O)Cc2ccccc2)C(=O)N1. The Balaban J connectivity index is 1.88. The van der Waals surface area contributed by atoms with Crippen molar-refractivity contribution in [3.8, 4) is 0 Å². The first-order valence-electron chi connectivity index (χ1n) is 5.50. The first kappa shape index (κ1) is 11.6. The molecule has 17 heavy (non-hydrogen) atoms. The molecule has 1 unspecified atom stereocenters. The smallest absolute Gasteiger partial charge is 0.258 e. The van der Waals surface area contributed by atoms with Gasteiger partial charge in [-0.25, -0.2) is 5.01 Å². The maximum absolute atomic E-state index is 11.7. The van der Waals surface area contributed by atoms with Gasteiger partial charge in [-0.3, -0.25) is 15.0 Å². The van der Waals surface area contributed by atoms with E-state index in [0.717, 1.165) is 5.56 Å². The number of nitrogens with zero attached hydrogens (tertiary/aromatic N) is 1. The van der Waals surface area contributed by atoms with Crippen molar-refractivity contribution in [2.24, 2.45) is 0 Å². The van der Waals surface area contributed by atoms with Crippen LogP contribution in [0.15, 0.2) is 30.3 Å². The second kappa shape index (κ2) is 4.97. The molecule has 1 fully saturated rings. The number of likely N-dealkylation sites (N-methyl/N-ethyl adjacent to an activating group) is 1. The van der Waals surface area contributed by atoms with Crippen LogP contribution in [0.2, 0.25) is 0 Å². The molecular weight excluding hydrogens is 218 g/mol. The Morgan fingerprint density at radius 2 is 2.18 bits per heavy atom. The summed E-state index contributed by atoms with van der Waals surface area (Å²) in [6.45, 7) is 0.499. The third kappa shape index (κ3) is 3.04. The average molecular weight is 233 g/mol. The van der Waals surface area contributed by atoms with E-state index in [0.29, 0.717) is 13.0 Å². The number of rotatable bonds is 3. The minimum atomic E-state index is -0.448. The summed E-state index contributed by atoms with van der Waals surface area (Å²) >= 11 is 0. The van der Waals surface area contributed by atoms with Crippen LogP contribution in [0, 0.1) is 0 Å². The molecule has 5 nitrogen and oxygen atoms in total. The number of carbonyl (C=O) groups excluding carboxylic acids is 2. The number of hydrazine groups is 1. The third-order valence-electron chi connectivity index (χ3n) is 2.62. The second-order valence-corrected chi connectivity index (χ2v) is 4.14. The fourth-order valence-corrected chi connectivity index (χ4v) is 1.81. The van der Waals surface area contributed by atoms with E-state index >= 15 is 0 Å². The van der Waals surface area contributed by atoms with Gasteiger partial charge in [-0.05, 0) is 5.56 Å². The molecule has 0 bridgehead atoms. The molecule has 0 radical (unpaired) electrons. The minimum Gasteiger partial charge on any atom is -0.343 e. The van der Waals surface area contributed by atoms with Gasteiger partial charge in [0, 0.05) is 13.6 Å². The number of amides is 2. The maximum Gasteiger partial charge on any atom is 0.258 e.